The van der Waals surface area contributed by atoms with Crippen molar-refractivity contribution in [3.63, 3.8) is 0 Å². The zero-order valence-electron chi connectivity index (χ0n) is 10.8. The lowest BCUT2D eigenvalue weighted by Crippen LogP contribution is -2.14. The number of aryl methyl sites for hydroxylation is 2. The molecule has 2 rings (SSSR count). The molecule has 0 heterocycles. The van der Waals surface area contributed by atoms with E-state index in [1.807, 2.05) is 13.0 Å². The predicted molar refractivity (Wildman–Crippen MR) is 72.9 cm³/mol. The SMILES string of the molecule is Cc1cccc(CC(N)c2ccc(F)cc2C)c1. The molecule has 0 aliphatic rings. The Morgan fingerprint density at radius 2 is 1.89 bits per heavy atom. The quantitative estimate of drug-likeness (QED) is 0.874. The maximum Gasteiger partial charge on any atom is 0.123 e. The van der Waals surface area contributed by atoms with E-state index in [2.05, 4.69) is 25.1 Å². The Kier molecular flexibility index (Phi) is 3.78. The lowest BCUT2D eigenvalue weighted by atomic mass is 9.95. The molecule has 0 bridgehead atoms. The lowest BCUT2D eigenvalue weighted by molar-refractivity contribution is 0.622. The molecular weight excluding hydrogens is 225 g/mol. The van der Waals surface area contributed by atoms with Crippen molar-refractivity contribution in [1.29, 1.82) is 0 Å². The molecule has 0 amide bonds. The predicted octanol–water partition coefficient (Wildman–Crippen LogP) is 3.69. The van der Waals surface area contributed by atoms with Crippen LogP contribution in [-0.2, 0) is 6.42 Å². The summed E-state index contributed by atoms with van der Waals surface area (Å²) in [7, 11) is 0. The van der Waals surface area contributed by atoms with Crippen LogP contribution in [0.3, 0.4) is 0 Å². The number of benzene rings is 2. The summed E-state index contributed by atoms with van der Waals surface area (Å²) >= 11 is 0. The van der Waals surface area contributed by atoms with E-state index in [1.165, 1.54) is 23.3 Å². The molecule has 2 heteroatoms. The van der Waals surface area contributed by atoms with Gasteiger partial charge in [-0.05, 0) is 49.1 Å². The van der Waals surface area contributed by atoms with Gasteiger partial charge in [0.25, 0.3) is 0 Å². The minimum atomic E-state index is -0.209. The van der Waals surface area contributed by atoms with Crippen LogP contribution < -0.4 is 5.73 Å². The average Bonchev–Trinajstić information content (AvgIpc) is 2.28. The summed E-state index contributed by atoms with van der Waals surface area (Å²) in [5.41, 5.74) is 10.6. The van der Waals surface area contributed by atoms with Crippen LogP contribution in [0.4, 0.5) is 4.39 Å². The van der Waals surface area contributed by atoms with Gasteiger partial charge >= 0.3 is 0 Å². The van der Waals surface area contributed by atoms with Crippen molar-refractivity contribution in [2.45, 2.75) is 26.3 Å². The fourth-order valence-corrected chi connectivity index (χ4v) is 2.26. The Morgan fingerprint density at radius 1 is 1.11 bits per heavy atom. The fraction of sp³-hybridized carbons (Fsp3) is 0.250. The van der Waals surface area contributed by atoms with Gasteiger partial charge in [-0.15, -0.1) is 0 Å². The summed E-state index contributed by atoms with van der Waals surface area (Å²) in [6.07, 6.45) is 0.772. The van der Waals surface area contributed by atoms with Crippen molar-refractivity contribution >= 4 is 0 Å². The maximum atomic E-state index is 13.0. The molecule has 0 aliphatic heterocycles. The van der Waals surface area contributed by atoms with Gasteiger partial charge in [0, 0.05) is 6.04 Å². The first-order chi connectivity index (χ1) is 8.56. The van der Waals surface area contributed by atoms with Gasteiger partial charge in [0.2, 0.25) is 0 Å². The molecule has 0 saturated heterocycles. The molecule has 2 aromatic rings. The zero-order valence-corrected chi connectivity index (χ0v) is 10.8. The highest BCUT2D eigenvalue weighted by molar-refractivity contribution is 5.31. The van der Waals surface area contributed by atoms with E-state index in [-0.39, 0.29) is 11.9 Å². The highest BCUT2D eigenvalue weighted by Gasteiger charge is 2.10. The molecule has 0 aliphatic carbocycles. The average molecular weight is 243 g/mol. The first-order valence-corrected chi connectivity index (χ1v) is 6.13. The van der Waals surface area contributed by atoms with Crippen molar-refractivity contribution in [1.82, 2.24) is 0 Å². The molecule has 0 radical (unpaired) electrons. The van der Waals surface area contributed by atoms with Crippen LogP contribution in [0.5, 0.6) is 0 Å². The number of rotatable bonds is 3. The van der Waals surface area contributed by atoms with Crippen LogP contribution in [0.1, 0.15) is 28.3 Å². The van der Waals surface area contributed by atoms with Crippen molar-refractivity contribution in [3.8, 4) is 0 Å². The van der Waals surface area contributed by atoms with Crippen molar-refractivity contribution in [3.05, 3.63) is 70.5 Å². The third-order valence-corrected chi connectivity index (χ3v) is 3.17. The smallest absolute Gasteiger partial charge is 0.123 e. The van der Waals surface area contributed by atoms with Crippen LogP contribution in [0.25, 0.3) is 0 Å². The molecule has 0 aromatic heterocycles. The number of hydrogen-bond acceptors (Lipinski definition) is 1. The molecule has 2 aromatic carbocycles. The second-order valence-electron chi connectivity index (χ2n) is 4.80. The van der Waals surface area contributed by atoms with E-state index in [4.69, 9.17) is 5.73 Å². The fourth-order valence-electron chi connectivity index (χ4n) is 2.26. The Morgan fingerprint density at radius 3 is 2.56 bits per heavy atom. The largest absolute Gasteiger partial charge is 0.324 e. The van der Waals surface area contributed by atoms with Crippen LogP contribution in [-0.4, -0.2) is 0 Å². The van der Waals surface area contributed by atoms with E-state index in [0.29, 0.717) is 0 Å². The van der Waals surface area contributed by atoms with Gasteiger partial charge in [0.15, 0.2) is 0 Å². The first-order valence-electron chi connectivity index (χ1n) is 6.13. The van der Waals surface area contributed by atoms with Crippen LogP contribution >= 0.6 is 0 Å². The molecule has 0 fully saturated rings. The number of hydrogen-bond donors (Lipinski definition) is 1. The third-order valence-electron chi connectivity index (χ3n) is 3.17. The van der Waals surface area contributed by atoms with Crippen LogP contribution in [0.2, 0.25) is 0 Å². The Hall–Kier alpha value is -1.67. The van der Waals surface area contributed by atoms with Gasteiger partial charge in [0.05, 0.1) is 0 Å². The van der Waals surface area contributed by atoms with Gasteiger partial charge in [0.1, 0.15) is 5.82 Å². The summed E-state index contributed by atoms with van der Waals surface area (Å²) in [4.78, 5) is 0. The summed E-state index contributed by atoms with van der Waals surface area (Å²) in [6.45, 7) is 3.96. The van der Waals surface area contributed by atoms with E-state index < -0.39 is 0 Å². The molecule has 18 heavy (non-hydrogen) atoms. The highest BCUT2D eigenvalue weighted by atomic mass is 19.1. The molecular formula is C16H18FN. The first kappa shape index (κ1) is 12.8. The summed E-state index contributed by atoms with van der Waals surface area (Å²) in [5, 5.41) is 0. The normalized spacial score (nSPS) is 12.4. The molecule has 1 unspecified atom stereocenters. The van der Waals surface area contributed by atoms with Crippen molar-refractivity contribution < 1.29 is 4.39 Å². The van der Waals surface area contributed by atoms with E-state index in [9.17, 15) is 4.39 Å². The van der Waals surface area contributed by atoms with Gasteiger partial charge in [-0.25, -0.2) is 4.39 Å². The number of nitrogens with two attached hydrogens (primary N) is 1. The van der Waals surface area contributed by atoms with Gasteiger partial charge < -0.3 is 5.73 Å². The topological polar surface area (TPSA) is 26.0 Å². The minimum absolute atomic E-state index is 0.0904. The summed E-state index contributed by atoms with van der Waals surface area (Å²) in [5.74, 6) is -0.209. The van der Waals surface area contributed by atoms with Gasteiger partial charge in [-0.3, -0.25) is 0 Å². The van der Waals surface area contributed by atoms with E-state index in [0.717, 1.165) is 17.5 Å². The maximum absolute atomic E-state index is 13.0. The molecule has 0 spiro atoms. The Balaban J connectivity index is 2.19. The Labute approximate surface area is 107 Å². The monoisotopic (exact) mass is 243 g/mol. The molecule has 94 valence electrons. The lowest BCUT2D eigenvalue weighted by Gasteiger charge is -2.15. The van der Waals surface area contributed by atoms with Gasteiger partial charge in [-0.2, -0.15) is 0 Å². The highest BCUT2D eigenvalue weighted by Crippen LogP contribution is 2.20. The molecule has 2 N–H and O–H groups in total. The second kappa shape index (κ2) is 5.32. The van der Waals surface area contributed by atoms with Crippen molar-refractivity contribution in [2.75, 3.05) is 0 Å². The summed E-state index contributed by atoms with van der Waals surface area (Å²) < 4.78 is 13.0. The van der Waals surface area contributed by atoms with Crippen LogP contribution in [0, 0.1) is 19.7 Å². The molecule has 1 atom stereocenters. The third kappa shape index (κ3) is 2.96. The van der Waals surface area contributed by atoms with Crippen LogP contribution in [0.15, 0.2) is 42.5 Å². The Bertz CT molecular complexity index is 549. The second-order valence-corrected chi connectivity index (χ2v) is 4.80. The van der Waals surface area contributed by atoms with E-state index >= 15 is 0 Å². The minimum Gasteiger partial charge on any atom is -0.324 e. The zero-order chi connectivity index (χ0) is 13.1. The summed E-state index contributed by atoms with van der Waals surface area (Å²) in [6, 6.07) is 13.0. The standard InChI is InChI=1S/C16H18FN/c1-11-4-3-5-13(8-11)10-16(18)15-7-6-14(17)9-12(15)2/h3-9,16H,10,18H2,1-2H3. The molecule has 1 nitrogen and oxygen atoms in total. The van der Waals surface area contributed by atoms with Crippen molar-refractivity contribution in [2.24, 2.45) is 5.73 Å². The van der Waals surface area contributed by atoms with Gasteiger partial charge in [-0.1, -0.05) is 35.9 Å². The molecule has 0 saturated carbocycles. The number of halogens is 1. The van der Waals surface area contributed by atoms with E-state index in [1.54, 1.807) is 6.07 Å².